The third kappa shape index (κ3) is 3.93. The SMILES string of the molecule is COC(=O)c1c(C)[nH]c(C(=O)[C@@H](C)[NH+]2CCN(c3cccc(Cl)c3)CC2)c1C. The van der Waals surface area contributed by atoms with Crippen molar-refractivity contribution in [3.63, 3.8) is 0 Å². The molecule has 2 aromatic rings. The Hall–Kier alpha value is -2.31. The van der Waals surface area contributed by atoms with Crippen LogP contribution >= 0.6 is 11.6 Å². The Kier molecular flexibility index (Phi) is 6.10. The minimum atomic E-state index is -0.416. The first-order valence-electron chi connectivity index (χ1n) is 9.50. The number of piperazine rings is 1. The van der Waals surface area contributed by atoms with E-state index in [1.165, 1.54) is 12.0 Å². The number of carbonyl (C=O) groups excluding carboxylic acids is 2. The molecule has 1 fully saturated rings. The minimum Gasteiger partial charge on any atom is -0.465 e. The predicted molar refractivity (Wildman–Crippen MR) is 110 cm³/mol. The Morgan fingerprint density at radius 1 is 1.25 bits per heavy atom. The summed E-state index contributed by atoms with van der Waals surface area (Å²) in [6.45, 7) is 9.00. The molecule has 1 aromatic carbocycles. The maximum absolute atomic E-state index is 13.1. The van der Waals surface area contributed by atoms with Gasteiger partial charge >= 0.3 is 5.97 Å². The van der Waals surface area contributed by atoms with E-state index in [-0.39, 0.29) is 11.8 Å². The van der Waals surface area contributed by atoms with Gasteiger partial charge in [-0.05, 0) is 44.5 Å². The van der Waals surface area contributed by atoms with E-state index in [1.807, 2.05) is 25.1 Å². The zero-order valence-electron chi connectivity index (χ0n) is 16.8. The topological polar surface area (TPSA) is 66.8 Å². The summed E-state index contributed by atoms with van der Waals surface area (Å²) in [5.74, 6) is -0.387. The first-order valence-corrected chi connectivity index (χ1v) is 9.88. The zero-order valence-corrected chi connectivity index (χ0v) is 17.5. The monoisotopic (exact) mass is 404 g/mol. The van der Waals surface area contributed by atoms with Gasteiger partial charge in [0.1, 0.15) is 0 Å². The van der Waals surface area contributed by atoms with Crippen molar-refractivity contribution >= 4 is 29.0 Å². The van der Waals surface area contributed by atoms with Crippen molar-refractivity contribution in [3.05, 3.63) is 51.8 Å². The van der Waals surface area contributed by atoms with Crippen LogP contribution in [-0.2, 0) is 4.74 Å². The number of nitrogens with one attached hydrogen (secondary N) is 2. The first-order chi connectivity index (χ1) is 13.3. The molecule has 150 valence electrons. The van der Waals surface area contributed by atoms with Crippen molar-refractivity contribution in [1.82, 2.24) is 4.98 Å². The molecule has 6 nitrogen and oxygen atoms in total. The van der Waals surface area contributed by atoms with Crippen LogP contribution in [-0.4, -0.2) is 56.1 Å². The van der Waals surface area contributed by atoms with Gasteiger partial charge in [0.2, 0.25) is 5.78 Å². The van der Waals surface area contributed by atoms with Crippen LogP contribution in [0.1, 0.15) is 39.0 Å². The van der Waals surface area contributed by atoms with Crippen molar-refractivity contribution in [2.24, 2.45) is 0 Å². The Labute approximate surface area is 170 Å². The van der Waals surface area contributed by atoms with E-state index in [0.717, 1.165) is 36.9 Å². The molecule has 0 saturated carbocycles. The molecule has 7 heteroatoms. The first kappa shape index (κ1) is 20.4. The van der Waals surface area contributed by atoms with E-state index in [0.29, 0.717) is 22.5 Å². The van der Waals surface area contributed by atoms with Gasteiger partial charge in [-0.25, -0.2) is 4.79 Å². The summed E-state index contributed by atoms with van der Waals surface area (Å²) in [6, 6.07) is 7.67. The molecule has 1 aliphatic rings. The Morgan fingerprint density at radius 3 is 2.54 bits per heavy atom. The second kappa shape index (κ2) is 8.37. The van der Waals surface area contributed by atoms with Crippen LogP contribution in [0.4, 0.5) is 5.69 Å². The molecule has 2 heterocycles. The number of esters is 1. The standard InChI is InChI=1S/C21H26ClN3O3/c1-13-18(21(27)28-4)14(2)23-19(13)20(26)15(3)24-8-10-25(11-9-24)17-7-5-6-16(22)12-17/h5-7,12,15,23H,8-11H2,1-4H3/p+1/t15-/m1/s1. The number of carbonyl (C=O) groups is 2. The van der Waals surface area contributed by atoms with Crippen LogP contribution in [0.2, 0.25) is 5.02 Å². The number of hydrogen-bond acceptors (Lipinski definition) is 4. The highest BCUT2D eigenvalue weighted by molar-refractivity contribution is 6.30. The lowest BCUT2D eigenvalue weighted by molar-refractivity contribution is -0.914. The Balaban J connectivity index is 1.69. The second-order valence-electron chi connectivity index (χ2n) is 7.33. The van der Waals surface area contributed by atoms with Crippen LogP contribution in [0.5, 0.6) is 0 Å². The molecule has 0 unspecified atom stereocenters. The van der Waals surface area contributed by atoms with E-state index in [1.54, 1.807) is 13.8 Å². The molecular weight excluding hydrogens is 378 g/mol. The summed E-state index contributed by atoms with van der Waals surface area (Å²) >= 11 is 6.10. The van der Waals surface area contributed by atoms with Crippen LogP contribution in [0.25, 0.3) is 0 Å². The average molecular weight is 405 g/mol. The Bertz CT molecular complexity index is 885. The molecule has 1 aromatic heterocycles. The number of hydrogen-bond donors (Lipinski definition) is 2. The molecule has 0 spiro atoms. The van der Waals surface area contributed by atoms with Gasteiger partial charge in [0, 0.05) is 16.4 Å². The number of H-pyrrole nitrogens is 1. The maximum atomic E-state index is 13.1. The quantitative estimate of drug-likeness (QED) is 0.591. The van der Waals surface area contributed by atoms with Gasteiger partial charge in [-0.3, -0.25) is 4.79 Å². The number of aryl methyl sites for hydroxylation is 1. The number of nitrogens with zero attached hydrogens (tertiary/aromatic N) is 1. The third-order valence-corrected chi connectivity index (χ3v) is 5.89. The summed E-state index contributed by atoms with van der Waals surface area (Å²) in [4.78, 5) is 31.7. The van der Waals surface area contributed by atoms with Crippen LogP contribution in [0.15, 0.2) is 24.3 Å². The second-order valence-corrected chi connectivity index (χ2v) is 7.76. The highest BCUT2D eigenvalue weighted by Gasteiger charge is 2.33. The molecule has 3 rings (SSSR count). The molecule has 0 aliphatic carbocycles. The van der Waals surface area contributed by atoms with Gasteiger partial charge in [-0.15, -0.1) is 0 Å². The number of aromatic nitrogens is 1. The van der Waals surface area contributed by atoms with Crippen LogP contribution in [0, 0.1) is 13.8 Å². The van der Waals surface area contributed by atoms with E-state index >= 15 is 0 Å². The summed E-state index contributed by atoms with van der Waals surface area (Å²) < 4.78 is 4.84. The highest BCUT2D eigenvalue weighted by Crippen LogP contribution is 2.21. The molecule has 2 N–H and O–H groups in total. The largest absolute Gasteiger partial charge is 0.465 e. The number of methoxy groups -OCH3 is 1. The molecule has 1 saturated heterocycles. The number of Topliss-reactive ketones (excluding diaryl/α,β-unsaturated/α-hetero) is 1. The number of aromatic amines is 1. The summed E-state index contributed by atoms with van der Waals surface area (Å²) in [6.07, 6.45) is 0. The van der Waals surface area contributed by atoms with Crippen molar-refractivity contribution in [1.29, 1.82) is 0 Å². The number of benzene rings is 1. The number of halogens is 1. The maximum Gasteiger partial charge on any atom is 0.339 e. The lowest BCUT2D eigenvalue weighted by Gasteiger charge is -2.36. The van der Waals surface area contributed by atoms with E-state index in [9.17, 15) is 9.59 Å². The fourth-order valence-electron chi connectivity index (χ4n) is 3.96. The third-order valence-electron chi connectivity index (χ3n) is 5.66. The van der Waals surface area contributed by atoms with Crippen LogP contribution in [0.3, 0.4) is 0 Å². The number of anilines is 1. The minimum absolute atomic E-state index is 0.0296. The van der Waals surface area contributed by atoms with E-state index in [2.05, 4.69) is 16.0 Å². The van der Waals surface area contributed by atoms with Gasteiger partial charge < -0.3 is 19.5 Å². The molecule has 1 aliphatic heterocycles. The number of quaternary nitrogens is 1. The van der Waals surface area contributed by atoms with Gasteiger partial charge in [0.15, 0.2) is 6.04 Å². The molecular formula is C21H27ClN3O3+. The zero-order chi connectivity index (χ0) is 20.4. The average Bonchev–Trinajstić information content (AvgIpc) is 3.00. The van der Waals surface area contributed by atoms with Crippen molar-refractivity contribution < 1.29 is 19.2 Å². The molecule has 28 heavy (non-hydrogen) atoms. The normalized spacial score (nSPS) is 16.1. The summed E-state index contributed by atoms with van der Waals surface area (Å²) in [5.41, 5.74) is 3.41. The summed E-state index contributed by atoms with van der Waals surface area (Å²) in [5, 5.41) is 0.731. The number of ether oxygens (including phenoxy) is 1. The van der Waals surface area contributed by atoms with Crippen molar-refractivity contribution in [2.75, 3.05) is 38.2 Å². The highest BCUT2D eigenvalue weighted by atomic mass is 35.5. The van der Waals surface area contributed by atoms with Crippen LogP contribution < -0.4 is 9.80 Å². The van der Waals surface area contributed by atoms with Gasteiger partial charge in [0.25, 0.3) is 0 Å². The number of ketones is 1. The lowest BCUT2D eigenvalue weighted by atomic mass is 10.0. The van der Waals surface area contributed by atoms with Gasteiger partial charge in [-0.2, -0.15) is 0 Å². The smallest absolute Gasteiger partial charge is 0.339 e. The van der Waals surface area contributed by atoms with E-state index < -0.39 is 5.97 Å². The fraction of sp³-hybridized carbons (Fsp3) is 0.429. The Morgan fingerprint density at radius 2 is 1.93 bits per heavy atom. The molecule has 0 amide bonds. The van der Waals surface area contributed by atoms with Gasteiger partial charge in [0.05, 0.1) is 44.5 Å². The molecule has 0 radical (unpaired) electrons. The predicted octanol–water partition coefficient (Wildman–Crippen LogP) is 2.05. The van der Waals surface area contributed by atoms with Crippen molar-refractivity contribution in [2.45, 2.75) is 26.8 Å². The van der Waals surface area contributed by atoms with E-state index in [4.69, 9.17) is 16.3 Å². The molecule has 0 bridgehead atoms. The van der Waals surface area contributed by atoms with Crippen molar-refractivity contribution in [3.8, 4) is 0 Å². The summed E-state index contributed by atoms with van der Waals surface area (Å²) in [7, 11) is 1.35. The molecule has 1 atom stereocenters. The fourth-order valence-corrected chi connectivity index (χ4v) is 4.15. The lowest BCUT2D eigenvalue weighted by Crippen LogP contribution is -3.18. The number of rotatable bonds is 5. The van der Waals surface area contributed by atoms with Gasteiger partial charge in [-0.1, -0.05) is 17.7 Å².